The highest BCUT2D eigenvalue weighted by atomic mass is 16.8. The number of imide groups is 1. The number of hydroxylamine groups is 2. The van der Waals surface area contributed by atoms with Crippen molar-refractivity contribution in [1.82, 2.24) is 5.06 Å². The van der Waals surface area contributed by atoms with E-state index in [4.69, 9.17) is 14.2 Å². The van der Waals surface area contributed by atoms with Crippen LogP contribution in [-0.4, -0.2) is 48.6 Å². The molecule has 3 aliphatic rings. The van der Waals surface area contributed by atoms with E-state index < -0.39 is 24.1 Å². The van der Waals surface area contributed by atoms with Gasteiger partial charge in [0.15, 0.2) is 6.29 Å². The van der Waals surface area contributed by atoms with Gasteiger partial charge in [0, 0.05) is 12.8 Å². The van der Waals surface area contributed by atoms with Crippen molar-refractivity contribution in [3.63, 3.8) is 0 Å². The summed E-state index contributed by atoms with van der Waals surface area (Å²) < 4.78 is 15.7. The van der Waals surface area contributed by atoms with E-state index in [1.807, 2.05) is 13.8 Å². The van der Waals surface area contributed by atoms with Gasteiger partial charge in [0.2, 0.25) is 0 Å². The van der Waals surface area contributed by atoms with E-state index in [0.29, 0.717) is 11.7 Å². The summed E-state index contributed by atoms with van der Waals surface area (Å²) >= 11 is 0. The largest absolute Gasteiger partial charge is 0.534 e. The first-order valence-electron chi connectivity index (χ1n) is 7.13. The number of carbonyl (C=O) groups is 3. The summed E-state index contributed by atoms with van der Waals surface area (Å²) in [6.07, 6.45) is -1.02. The number of fused-ring (bicyclic) bond motifs is 1. The van der Waals surface area contributed by atoms with Crippen molar-refractivity contribution in [2.75, 3.05) is 13.2 Å². The molecule has 3 rings (SSSR count). The Kier molecular flexibility index (Phi) is 5.13. The van der Waals surface area contributed by atoms with Gasteiger partial charge in [-0.05, 0) is 6.42 Å². The van der Waals surface area contributed by atoms with Gasteiger partial charge in [-0.3, -0.25) is 14.4 Å². The first kappa shape index (κ1) is 15.7. The first-order valence-corrected chi connectivity index (χ1v) is 7.13. The Balaban J connectivity index is 0.000000774. The summed E-state index contributed by atoms with van der Waals surface area (Å²) in [6.45, 7) is 4.79. The predicted molar refractivity (Wildman–Crippen MR) is 67.6 cm³/mol. The van der Waals surface area contributed by atoms with Gasteiger partial charge in [0.1, 0.15) is 6.10 Å². The zero-order valence-electron chi connectivity index (χ0n) is 12.1. The molecule has 2 amide bonds. The third-order valence-corrected chi connectivity index (χ3v) is 3.40. The molecule has 0 aliphatic carbocycles. The maximum Gasteiger partial charge on any atom is 0.534 e. The number of nitrogens with zero attached hydrogens (tertiary/aromatic N) is 1. The molecule has 3 atom stereocenters. The Bertz CT molecular complexity index is 409. The normalized spacial score (nSPS) is 30.8. The maximum absolute atomic E-state index is 11.5. The van der Waals surface area contributed by atoms with Crippen LogP contribution in [0.15, 0.2) is 0 Å². The van der Waals surface area contributed by atoms with Gasteiger partial charge >= 0.3 is 6.16 Å². The third kappa shape index (κ3) is 3.33. The minimum absolute atomic E-state index is 0.0162. The molecule has 0 N–H and O–H groups in total. The minimum atomic E-state index is -1.07. The molecule has 0 aromatic heterocycles. The van der Waals surface area contributed by atoms with Gasteiger partial charge in [-0.2, -0.15) is 0 Å². The Hall–Kier alpha value is -1.67. The summed E-state index contributed by atoms with van der Waals surface area (Å²) in [5.74, 6) is -1.09. The molecule has 0 saturated carbocycles. The summed E-state index contributed by atoms with van der Waals surface area (Å²) in [5.41, 5.74) is 0. The number of hydrogen-bond donors (Lipinski definition) is 0. The molecular weight excluding hydrogens is 282 g/mol. The Labute approximate surface area is 122 Å². The van der Waals surface area contributed by atoms with Crippen LogP contribution >= 0.6 is 0 Å². The molecule has 0 unspecified atom stereocenters. The van der Waals surface area contributed by atoms with Crippen molar-refractivity contribution in [3.8, 4) is 0 Å². The van der Waals surface area contributed by atoms with Crippen LogP contribution < -0.4 is 0 Å². The lowest BCUT2D eigenvalue weighted by molar-refractivity contribution is -0.179. The van der Waals surface area contributed by atoms with Gasteiger partial charge < -0.3 is 14.2 Å². The first-order chi connectivity index (χ1) is 10.1. The van der Waals surface area contributed by atoms with Crippen molar-refractivity contribution < 1.29 is 33.4 Å². The number of ether oxygens (including phenoxy) is 3. The summed E-state index contributed by atoms with van der Waals surface area (Å²) in [7, 11) is 0. The molecule has 0 radical (unpaired) electrons. The van der Waals surface area contributed by atoms with Crippen LogP contribution in [0.4, 0.5) is 4.79 Å². The van der Waals surface area contributed by atoms with Crippen LogP contribution in [0.1, 0.15) is 33.1 Å². The Morgan fingerprint density at radius 2 is 1.86 bits per heavy atom. The van der Waals surface area contributed by atoms with E-state index in [0.717, 1.165) is 6.42 Å². The lowest BCUT2D eigenvalue weighted by Gasteiger charge is -2.17. The standard InChI is InChI=1S/C11H13NO7.C2H6/c13-8-1-2-9(14)12(8)19-11(15)18-7-5-17-10-6(7)3-4-16-10;1-2/h6-7,10H,1-5H2;1-2H3/t6-,7-,10+;/m0./s1. The molecule has 0 spiro atoms. The highest BCUT2D eigenvalue weighted by molar-refractivity contribution is 6.01. The van der Waals surface area contributed by atoms with Crippen molar-refractivity contribution in [2.24, 2.45) is 5.92 Å². The third-order valence-electron chi connectivity index (χ3n) is 3.40. The average molecular weight is 301 g/mol. The van der Waals surface area contributed by atoms with Crippen LogP contribution in [0, 0.1) is 5.92 Å². The molecule has 3 aliphatic heterocycles. The molecule has 8 nitrogen and oxygen atoms in total. The van der Waals surface area contributed by atoms with Gasteiger partial charge in [-0.25, -0.2) is 4.79 Å². The fourth-order valence-corrected chi connectivity index (χ4v) is 2.43. The fraction of sp³-hybridized carbons (Fsp3) is 0.769. The zero-order valence-corrected chi connectivity index (χ0v) is 12.1. The van der Waals surface area contributed by atoms with Crippen molar-refractivity contribution >= 4 is 18.0 Å². The van der Waals surface area contributed by atoms with Gasteiger partial charge in [-0.1, -0.05) is 18.9 Å². The lowest BCUT2D eigenvalue weighted by Crippen LogP contribution is -2.35. The van der Waals surface area contributed by atoms with E-state index in [9.17, 15) is 14.4 Å². The van der Waals surface area contributed by atoms with Crippen LogP contribution in [0.3, 0.4) is 0 Å². The molecule has 3 fully saturated rings. The van der Waals surface area contributed by atoms with Crippen LogP contribution in [0.5, 0.6) is 0 Å². The number of carbonyl (C=O) groups excluding carboxylic acids is 3. The molecule has 3 saturated heterocycles. The van der Waals surface area contributed by atoms with Gasteiger partial charge in [0.05, 0.1) is 19.1 Å². The highest BCUT2D eigenvalue weighted by Gasteiger charge is 2.44. The van der Waals surface area contributed by atoms with E-state index >= 15 is 0 Å². The Morgan fingerprint density at radius 3 is 2.52 bits per heavy atom. The Morgan fingerprint density at radius 1 is 1.19 bits per heavy atom. The smallest absolute Gasteiger partial charge is 0.426 e. The molecule has 0 aromatic rings. The topological polar surface area (TPSA) is 91.4 Å². The number of hydrogen-bond acceptors (Lipinski definition) is 7. The molecule has 3 heterocycles. The van der Waals surface area contributed by atoms with E-state index in [1.54, 1.807) is 0 Å². The average Bonchev–Trinajstić information content (AvgIpc) is 3.15. The molecule has 0 bridgehead atoms. The monoisotopic (exact) mass is 301 g/mol. The second kappa shape index (κ2) is 6.86. The van der Waals surface area contributed by atoms with E-state index in [-0.39, 0.29) is 31.7 Å². The molecular formula is C13H19NO7. The summed E-state index contributed by atoms with van der Waals surface area (Å²) in [4.78, 5) is 38.7. The van der Waals surface area contributed by atoms with Crippen molar-refractivity contribution in [3.05, 3.63) is 0 Å². The quantitative estimate of drug-likeness (QED) is 0.555. The maximum atomic E-state index is 11.5. The zero-order chi connectivity index (χ0) is 15.4. The van der Waals surface area contributed by atoms with E-state index in [1.165, 1.54) is 0 Å². The molecule has 118 valence electrons. The minimum Gasteiger partial charge on any atom is -0.426 e. The van der Waals surface area contributed by atoms with Crippen LogP contribution in [0.2, 0.25) is 0 Å². The predicted octanol–water partition coefficient (Wildman–Crippen LogP) is 0.991. The van der Waals surface area contributed by atoms with Crippen LogP contribution in [-0.2, 0) is 28.6 Å². The fourth-order valence-electron chi connectivity index (χ4n) is 2.43. The molecule has 0 aromatic carbocycles. The summed E-state index contributed by atoms with van der Waals surface area (Å²) in [6, 6.07) is 0. The second-order valence-corrected chi connectivity index (χ2v) is 4.60. The van der Waals surface area contributed by atoms with Crippen molar-refractivity contribution in [1.29, 1.82) is 0 Å². The van der Waals surface area contributed by atoms with Gasteiger partial charge in [-0.15, -0.1) is 0 Å². The highest BCUT2D eigenvalue weighted by Crippen LogP contribution is 2.33. The summed E-state index contributed by atoms with van der Waals surface area (Å²) in [5, 5.41) is 0.459. The molecule has 21 heavy (non-hydrogen) atoms. The lowest BCUT2D eigenvalue weighted by atomic mass is 10.0. The van der Waals surface area contributed by atoms with Crippen LogP contribution in [0.25, 0.3) is 0 Å². The number of amides is 2. The molecule has 8 heteroatoms. The van der Waals surface area contributed by atoms with E-state index in [2.05, 4.69) is 4.84 Å². The SMILES string of the molecule is CC.O=C(O[C@H]1CO[C@H]2OCC[C@H]21)ON1C(=O)CCC1=O. The van der Waals surface area contributed by atoms with Crippen molar-refractivity contribution in [2.45, 2.75) is 45.5 Å². The van der Waals surface area contributed by atoms with Gasteiger partial charge in [0.25, 0.3) is 11.8 Å². The number of rotatable bonds is 2. The second-order valence-electron chi connectivity index (χ2n) is 4.60.